The number of thiazole rings is 1. The van der Waals surface area contributed by atoms with E-state index in [1.54, 1.807) is 17.5 Å². The first kappa shape index (κ1) is 11.6. The first-order valence-electron chi connectivity index (χ1n) is 6.16. The summed E-state index contributed by atoms with van der Waals surface area (Å²) in [7, 11) is 2.17. The summed E-state index contributed by atoms with van der Waals surface area (Å²) in [6.07, 6.45) is 4.25. The van der Waals surface area contributed by atoms with Crippen molar-refractivity contribution < 1.29 is 0 Å². The van der Waals surface area contributed by atoms with Crippen LogP contribution in [-0.2, 0) is 0 Å². The lowest BCUT2D eigenvalue weighted by atomic mass is 10.1. The lowest BCUT2D eigenvalue weighted by Crippen LogP contribution is -2.18. The summed E-state index contributed by atoms with van der Waals surface area (Å²) in [5.74, 6) is 0.878. The summed E-state index contributed by atoms with van der Waals surface area (Å²) >= 11 is 1.58. The third-order valence-electron chi connectivity index (χ3n) is 3.30. The molecule has 0 unspecified atom stereocenters. The Balaban J connectivity index is 1.80. The van der Waals surface area contributed by atoms with Crippen molar-refractivity contribution in [3.8, 4) is 0 Å². The van der Waals surface area contributed by atoms with Crippen LogP contribution < -0.4 is 5.32 Å². The molecule has 1 fully saturated rings. The summed E-state index contributed by atoms with van der Waals surface area (Å²) in [5.41, 5.74) is 1.15. The van der Waals surface area contributed by atoms with Gasteiger partial charge in [-0.15, -0.1) is 11.3 Å². The van der Waals surface area contributed by atoms with E-state index >= 15 is 0 Å². The summed E-state index contributed by atoms with van der Waals surface area (Å²) in [5, 5.41) is 6.08. The molecule has 2 aromatic heterocycles. The molecule has 1 atom stereocenters. The minimum Gasteiger partial charge on any atom is -0.316 e. The van der Waals surface area contributed by atoms with Crippen LogP contribution in [0.5, 0.6) is 0 Å². The van der Waals surface area contributed by atoms with E-state index in [1.807, 2.05) is 11.4 Å². The van der Waals surface area contributed by atoms with Gasteiger partial charge in [-0.3, -0.25) is 4.90 Å². The van der Waals surface area contributed by atoms with Gasteiger partial charge in [0.1, 0.15) is 5.82 Å². The third-order valence-corrected chi connectivity index (χ3v) is 3.99. The van der Waals surface area contributed by atoms with E-state index in [9.17, 15) is 0 Å². The number of nitrogens with zero attached hydrogens (tertiary/aromatic N) is 3. The molecule has 1 aliphatic rings. The molecule has 0 aliphatic carbocycles. The second-order valence-corrected chi connectivity index (χ2v) is 5.44. The first-order valence-corrected chi connectivity index (χ1v) is 7.04. The molecule has 0 spiro atoms. The van der Waals surface area contributed by atoms with Crippen LogP contribution >= 0.6 is 11.3 Å². The standard InChI is InChI=1S/C13H16N4S/c1-17-8-3-5-11(17)10-4-2-6-12(15-10)16-13-14-7-9-18-13/h2,4,6-7,9,11H,3,5,8H2,1H3,(H,14,15,16)/t11-/m0/s1. The number of pyridine rings is 1. The molecule has 4 nitrogen and oxygen atoms in total. The number of likely N-dealkylation sites (tertiary alicyclic amines) is 1. The summed E-state index contributed by atoms with van der Waals surface area (Å²) < 4.78 is 0. The lowest BCUT2D eigenvalue weighted by molar-refractivity contribution is 0.312. The Kier molecular flexibility index (Phi) is 3.25. The molecule has 0 aromatic carbocycles. The van der Waals surface area contributed by atoms with Gasteiger partial charge < -0.3 is 5.32 Å². The van der Waals surface area contributed by atoms with Gasteiger partial charge >= 0.3 is 0 Å². The highest BCUT2D eigenvalue weighted by Gasteiger charge is 2.23. The molecule has 0 amide bonds. The molecular weight excluding hydrogens is 244 g/mol. The summed E-state index contributed by atoms with van der Waals surface area (Å²) in [4.78, 5) is 11.3. The number of nitrogens with one attached hydrogen (secondary N) is 1. The van der Waals surface area contributed by atoms with Crippen molar-refractivity contribution in [3.63, 3.8) is 0 Å². The van der Waals surface area contributed by atoms with E-state index in [-0.39, 0.29) is 0 Å². The van der Waals surface area contributed by atoms with Gasteiger partial charge in [0.15, 0.2) is 5.13 Å². The van der Waals surface area contributed by atoms with Crippen LogP contribution in [0.15, 0.2) is 29.8 Å². The number of hydrogen-bond donors (Lipinski definition) is 1. The van der Waals surface area contributed by atoms with E-state index < -0.39 is 0 Å². The van der Waals surface area contributed by atoms with Crippen LogP contribution in [0.25, 0.3) is 0 Å². The maximum absolute atomic E-state index is 4.69. The van der Waals surface area contributed by atoms with Gasteiger partial charge in [0.25, 0.3) is 0 Å². The molecule has 0 saturated carbocycles. The highest BCUT2D eigenvalue weighted by molar-refractivity contribution is 7.13. The second-order valence-electron chi connectivity index (χ2n) is 4.55. The predicted molar refractivity (Wildman–Crippen MR) is 74.2 cm³/mol. The number of aromatic nitrogens is 2. The van der Waals surface area contributed by atoms with Crippen molar-refractivity contribution in [1.82, 2.24) is 14.9 Å². The minimum atomic E-state index is 0.461. The molecule has 94 valence electrons. The number of rotatable bonds is 3. The Hall–Kier alpha value is -1.46. The smallest absolute Gasteiger partial charge is 0.188 e. The second kappa shape index (κ2) is 5.04. The lowest BCUT2D eigenvalue weighted by Gasteiger charge is -2.19. The SMILES string of the molecule is CN1CCC[C@H]1c1cccc(Nc2nccs2)n1. The van der Waals surface area contributed by atoms with Crippen LogP contribution in [0.2, 0.25) is 0 Å². The normalized spacial score (nSPS) is 20.2. The predicted octanol–water partition coefficient (Wildman–Crippen LogP) is 3.05. The molecule has 2 aromatic rings. The maximum atomic E-state index is 4.69. The fourth-order valence-electron chi connectivity index (χ4n) is 2.39. The van der Waals surface area contributed by atoms with E-state index in [2.05, 4.69) is 34.4 Å². The Labute approximate surface area is 111 Å². The first-order chi connectivity index (χ1) is 8.83. The van der Waals surface area contributed by atoms with E-state index in [0.29, 0.717) is 6.04 Å². The molecule has 3 heterocycles. The molecule has 1 N–H and O–H groups in total. The Morgan fingerprint density at radius 2 is 2.39 bits per heavy atom. The zero-order valence-corrected chi connectivity index (χ0v) is 11.2. The molecule has 18 heavy (non-hydrogen) atoms. The fourth-order valence-corrected chi connectivity index (χ4v) is 2.92. The van der Waals surface area contributed by atoms with Gasteiger partial charge in [-0.1, -0.05) is 6.07 Å². The number of hydrogen-bond acceptors (Lipinski definition) is 5. The Morgan fingerprint density at radius 3 is 3.11 bits per heavy atom. The summed E-state index contributed by atoms with van der Waals surface area (Å²) in [6, 6.07) is 6.62. The van der Waals surface area contributed by atoms with E-state index in [4.69, 9.17) is 4.98 Å². The molecule has 1 saturated heterocycles. The van der Waals surface area contributed by atoms with Crippen LogP contribution in [0.3, 0.4) is 0 Å². The van der Waals surface area contributed by atoms with Crippen molar-refractivity contribution in [2.45, 2.75) is 18.9 Å². The van der Waals surface area contributed by atoms with Gasteiger partial charge in [0, 0.05) is 11.6 Å². The van der Waals surface area contributed by atoms with Crippen LogP contribution in [0, 0.1) is 0 Å². The fraction of sp³-hybridized carbons (Fsp3) is 0.385. The van der Waals surface area contributed by atoms with Crippen molar-refractivity contribution in [2.24, 2.45) is 0 Å². The Bertz CT molecular complexity index is 511. The van der Waals surface area contributed by atoms with Gasteiger partial charge in [-0.2, -0.15) is 0 Å². The highest BCUT2D eigenvalue weighted by Crippen LogP contribution is 2.30. The zero-order valence-electron chi connectivity index (χ0n) is 10.3. The van der Waals surface area contributed by atoms with Gasteiger partial charge in [-0.05, 0) is 38.6 Å². The summed E-state index contributed by atoms with van der Waals surface area (Å²) in [6.45, 7) is 1.16. The average molecular weight is 260 g/mol. The molecular formula is C13H16N4S. The van der Waals surface area contributed by atoms with Gasteiger partial charge in [-0.25, -0.2) is 9.97 Å². The van der Waals surface area contributed by atoms with Crippen molar-refractivity contribution in [2.75, 3.05) is 18.9 Å². The Morgan fingerprint density at radius 1 is 1.44 bits per heavy atom. The molecule has 0 radical (unpaired) electrons. The van der Waals surface area contributed by atoms with Gasteiger partial charge in [0.05, 0.1) is 11.7 Å². The topological polar surface area (TPSA) is 41.0 Å². The highest BCUT2D eigenvalue weighted by atomic mass is 32.1. The third kappa shape index (κ3) is 2.37. The monoisotopic (exact) mass is 260 g/mol. The number of anilines is 2. The molecule has 3 rings (SSSR count). The molecule has 1 aliphatic heterocycles. The van der Waals surface area contributed by atoms with Crippen molar-refractivity contribution >= 4 is 22.3 Å². The van der Waals surface area contributed by atoms with E-state index in [1.165, 1.54) is 12.8 Å². The van der Waals surface area contributed by atoms with Crippen molar-refractivity contribution in [3.05, 3.63) is 35.5 Å². The van der Waals surface area contributed by atoms with E-state index in [0.717, 1.165) is 23.2 Å². The van der Waals surface area contributed by atoms with Crippen LogP contribution in [0.1, 0.15) is 24.6 Å². The van der Waals surface area contributed by atoms with Crippen LogP contribution in [0.4, 0.5) is 10.9 Å². The molecule has 0 bridgehead atoms. The largest absolute Gasteiger partial charge is 0.316 e. The quantitative estimate of drug-likeness (QED) is 0.921. The van der Waals surface area contributed by atoms with Crippen LogP contribution in [-0.4, -0.2) is 28.5 Å². The van der Waals surface area contributed by atoms with Gasteiger partial charge in [0.2, 0.25) is 0 Å². The zero-order chi connectivity index (χ0) is 12.4. The average Bonchev–Trinajstić information content (AvgIpc) is 3.01. The molecule has 5 heteroatoms. The minimum absolute atomic E-state index is 0.461. The maximum Gasteiger partial charge on any atom is 0.188 e. The van der Waals surface area contributed by atoms with Crippen molar-refractivity contribution in [1.29, 1.82) is 0 Å².